The van der Waals surface area contributed by atoms with E-state index in [4.69, 9.17) is 14.2 Å². The molecule has 16 heavy (non-hydrogen) atoms. The Kier molecular flexibility index (Phi) is 4.31. The number of carbonyl (C=O) groups excluding carboxylic acids is 1. The van der Waals surface area contributed by atoms with Crippen LogP contribution in [0.2, 0.25) is 0 Å². The second-order valence-electron chi connectivity index (χ2n) is 2.60. The van der Waals surface area contributed by atoms with Gasteiger partial charge in [-0.15, -0.1) is 0 Å². The largest absolute Gasteiger partial charge is 0.481 e. The molecule has 88 valence electrons. The molecule has 1 aromatic rings. The Balaban J connectivity index is 2.74. The van der Waals surface area contributed by atoms with E-state index in [9.17, 15) is 4.79 Å². The van der Waals surface area contributed by atoms with Crippen LogP contribution in [-0.4, -0.2) is 43.9 Å². The van der Waals surface area contributed by atoms with Crippen LogP contribution in [0.1, 0.15) is 0 Å². The van der Waals surface area contributed by atoms with Gasteiger partial charge in [0.25, 0.3) is 0 Å². The molecule has 0 aliphatic rings. The van der Waals surface area contributed by atoms with E-state index in [0.717, 1.165) is 0 Å². The minimum Gasteiger partial charge on any atom is -0.481 e. The Labute approximate surface area is 92.3 Å². The fraction of sp³-hybridized carbons (Fsp3) is 0.444. The average molecular weight is 228 g/mol. The molecule has 0 atom stereocenters. The molecule has 0 unspecified atom stereocenters. The maximum absolute atomic E-state index is 10.8. The second-order valence-corrected chi connectivity index (χ2v) is 2.60. The van der Waals surface area contributed by atoms with E-state index >= 15 is 0 Å². The van der Waals surface area contributed by atoms with Crippen molar-refractivity contribution in [2.45, 2.75) is 0 Å². The Morgan fingerprint density at radius 2 is 1.75 bits per heavy atom. The zero-order chi connectivity index (χ0) is 12.0. The molecule has 0 aliphatic heterocycles. The zero-order valence-corrected chi connectivity index (χ0v) is 9.22. The lowest BCUT2D eigenvalue weighted by atomic mass is 10.6. The van der Waals surface area contributed by atoms with Crippen molar-refractivity contribution < 1.29 is 23.7 Å². The maximum Gasteiger partial charge on any atom is 0.344 e. The van der Waals surface area contributed by atoms with E-state index in [-0.39, 0.29) is 24.4 Å². The molecule has 0 aromatic carbocycles. The third-order valence-corrected chi connectivity index (χ3v) is 1.62. The van der Waals surface area contributed by atoms with Gasteiger partial charge >= 0.3 is 12.0 Å². The molecule has 0 saturated carbocycles. The summed E-state index contributed by atoms with van der Waals surface area (Å²) in [7, 11) is 4.16. The summed E-state index contributed by atoms with van der Waals surface area (Å²) in [6.07, 6.45) is 0. The van der Waals surface area contributed by atoms with E-state index in [0.29, 0.717) is 0 Å². The molecular weight excluding hydrogens is 216 g/mol. The number of esters is 1. The van der Waals surface area contributed by atoms with E-state index in [1.54, 1.807) is 0 Å². The summed E-state index contributed by atoms with van der Waals surface area (Å²) < 4.78 is 19.2. The van der Waals surface area contributed by atoms with Gasteiger partial charge in [-0.1, -0.05) is 0 Å². The standard InChI is InChI=1S/C9H12N2O5/c1-13-6-4-7(14-2)11-9(10-6)16-5-8(12)15-3/h4H,5H2,1-3H3. The fourth-order valence-corrected chi connectivity index (χ4v) is 0.840. The molecule has 1 heterocycles. The van der Waals surface area contributed by atoms with Crippen LogP contribution in [0.3, 0.4) is 0 Å². The van der Waals surface area contributed by atoms with E-state index in [1.165, 1.54) is 27.4 Å². The summed E-state index contributed by atoms with van der Waals surface area (Å²) in [5.74, 6) is 0.0452. The lowest BCUT2D eigenvalue weighted by Crippen LogP contribution is -2.14. The normalized spacial score (nSPS) is 9.44. The Morgan fingerprint density at radius 3 is 2.19 bits per heavy atom. The predicted molar refractivity (Wildman–Crippen MR) is 52.6 cm³/mol. The summed E-state index contributed by atoms with van der Waals surface area (Å²) in [5.41, 5.74) is 0. The van der Waals surface area contributed by atoms with Crippen LogP contribution in [0.15, 0.2) is 6.07 Å². The van der Waals surface area contributed by atoms with Gasteiger partial charge in [0.05, 0.1) is 27.4 Å². The number of rotatable bonds is 5. The molecule has 7 heteroatoms. The quantitative estimate of drug-likeness (QED) is 0.658. The first-order chi connectivity index (χ1) is 7.69. The summed E-state index contributed by atoms with van der Waals surface area (Å²) >= 11 is 0. The van der Waals surface area contributed by atoms with Crippen LogP contribution >= 0.6 is 0 Å². The minimum absolute atomic E-state index is 0.0124. The van der Waals surface area contributed by atoms with Gasteiger partial charge in [-0.25, -0.2) is 4.79 Å². The van der Waals surface area contributed by atoms with Crippen molar-refractivity contribution in [1.82, 2.24) is 9.97 Å². The molecule has 7 nitrogen and oxygen atoms in total. The molecule has 0 saturated heterocycles. The minimum atomic E-state index is -0.523. The van der Waals surface area contributed by atoms with Crippen molar-refractivity contribution in [3.63, 3.8) is 0 Å². The lowest BCUT2D eigenvalue weighted by Gasteiger charge is -2.06. The summed E-state index contributed by atoms with van der Waals surface area (Å²) in [6, 6.07) is 1.48. The van der Waals surface area contributed by atoms with Crippen LogP contribution in [0.25, 0.3) is 0 Å². The molecule has 0 amide bonds. The Bertz CT molecular complexity index is 347. The van der Waals surface area contributed by atoms with Crippen LogP contribution < -0.4 is 14.2 Å². The highest BCUT2D eigenvalue weighted by Gasteiger charge is 2.08. The predicted octanol–water partition coefficient (Wildman–Crippen LogP) is 0.0456. The highest BCUT2D eigenvalue weighted by atomic mass is 16.6. The van der Waals surface area contributed by atoms with Gasteiger partial charge in [-0.3, -0.25) is 0 Å². The van der Waals surface area contributed by atoms with E-state index < -0.39 is 5.97 Å². The van der Waals surface area contributed by atoms with Crippen molar-refractivity contribution in [1.29, 1.82) is 0 Å². The first kappa shape index (κ1) is 12.0. The number of carbonyl (C=O) groups is 1. The average Bonchev–Trinajstić information content (AvgIpc) is 2.35. The third-order valence-electron chi connectivity index (χ3n) is 1.62. The van der Waals surface area contributed by atoms with Gasteiger partial charge in [0.2, 0.25) is 11.8 Å². The van der Waals surface area contributed by atoms with Crippen molar-refractivity contribution >= 4 is 5.97 Å². The molecule has 0 aliphatic carbocycles. The van der Waals surface area contributed by atoms with Crippen molar-refractivity contribution in [2.24, 2.45) is 0 Å². The monoisotopic (exact) mass is 228 g/mol. The van der Waals surface area contributed by atoms with Crippen molar-refractivity contribution in [3.05, 3.63) is 6.07 Å². The summed E-state index contributed by atoms with van der Waals surface area (Å²) in [6.45, 7) is -0.271. The van der Waals surface area contributed by atoms with Crippen molar-refractivity contribution in [2.75, 3.05) is 27.9 Å². The van der Waals surface area contributed by atoms with Gasteiger partial charge in [0.1, 0.15) is 0 Å². The number of hydrogen-bond donors (Lipinski definition) is 0. The number of hydrogen-bond acceptors (Lipinski definition) is 7. The maximum atomic E-state index is 10.8. The molecule has 0 N–H and O–H groups in total. The van der Waals surface area contributed by atoms with Gasteiger partial charge in [0.15, 0.2) is 6.61 Å². The van der Waals surface area contributed by atoms with Crippen LogP contribution in [0.5, 0.6) is 17.8 Å². The van der Waals surface area contributed by atoms with Crippen LogP contribution in [0, 0.1) is 0 Å². The van der Waals surface area contributed by atoms with Gasteiger partial charge < -0.3 is 18.9 Å². The van der Waals surface area contributed by atoms with Gasteiger partial charge in [0, 0.05) is 0 Å². The molecule has 1 rings (SSSR count). The fourth-order valence-electron chi connectivity index (χ4n) is 0.840. The molecule has 0 fully saturated rings. The number of methoxy groups -OCH3 is 3. The summed E-state index contributed by atoms with van der Waals surface area (Å²) in [5, 5.41) is 0. The third kappa shape index (κ3) is 3.26. The summed E-state index contributed by atoms with van der Waals surface area (Å²) in [4.78, 5) is 18.6. The Hall–Kier alpha value is -2.05. The molecule has 0 bridgehead atoms. The topological polar surface area (TPSA) is 79.8 Å². The SMILES string of the molecule is COC(=O)COc1nc(OC)cc(OC)n1. The van der Waals surface area contributed by atoms with Crippen LogP contribution in [0.4, 0.5) is 0 Å². The molecule has 1 aromatic heterocycles. The van der Waals surface area contributed by atoms with E-state index in [1.807, 2.05) is 0 Å². The van der Waals surface area contributed by atoms with Crippen molar-refractivity contribution in [3.8, 4) is 17.8 Å². The van der Waals surface area contributed by atoms with Crippen LogP contribution in [-0.2, 0) is 9.53 Å². The van der Waals surface area contributed by atoms with Gasteiger partial charge in [-0.05, 0) is 0 Å². The molecular formula is C9H12N2O5. The first-order valence-electron chi connectivity index (χ1n) is 4.36. The lowest BCUT2D eigenvalue weighted by molar-refractivity contribution is -0.143. The number of ether oxygens (including phenoxy) is 4. The van der Waals surface area contributed by atoms with E-state index in [2.05, 4.69) is 14.7 Å². The first-order valence-corrected chi connectivity index (χ1v) is 4.36. The highest BCUT2D eigenvalue weighted by Crippen LogP contribution is 2.18. The molecule has 0 radical (unpaired) electrons. The number of aromatic nitrogens is 2. The highest BCUT2D eigenvalue weighted by molar-refractivity contribution is 5.70. The number of nitrogens with zero attached hydrogens (tertiary/aromatic N) is 2. The Morgan fingerprint density at radius 1 is 1.19 bits per heavy atom. The van der Waals surface area contributed by atoms with Gasteiger partial charge in [-0.2, -0.15) is 9.97 Å². The zero-order valence-electron chi connectivity index (χ0n) is 9.22. The smallest absolute Gasteiger partial charge is 0.344 e. The molecule has 0 spiro atoms. The second kappa shape index (κ2) is 5.74.